The minimum atomic E-state index is 0.351. The summed E-state index contributed by atoms with van der Waals surface area (Å²) in [7, 11) is 0. The van der Waals surface area contributed by atoms with Gasteiger partial charge < -0.3 is 10.1 Å². The number of anilines is 1. The lowest BCUT2D eigenvalue weighted by Gasteiger charge is -2.27. The average Bonchev–Trinajstić information content (AvgIpc) is 2.66. The maximum absolute atomic E-state index is 5.52. The fourth-order valence-corrected chi connectivity index (χ4v) is 2.62. The van der Waals surface area contributed by atoms with E-state index >= 15 is 0 Å². The van der Waals surface area contributed by atoms with Crippen LogP contribution in [0.15, 0.2) is 0 Å². The Morgan fingerprint density at radius 2 is 2.31 bits per heavy atom. The number of aromatic nitrogens is 2. The van der Waals surface area contributed by atoms with Gasteiger partial charge in [-0.05, 0) is 19.8 Å². The SMILES string of the molecule is CC1CC(Nc2nc(C(C)C)ns2)CCO1. The van der Waals surface area contributed by atoms with Crippen LogP contribution in [0, 0.1) is 0 Å². The fraction of sp³-hybridized carbons (Fsp3) is 0.818. The molecule has 2 rings (SSSR count). The zero-order chi connectivity index (χ0) is 11.5. The molecule has 0 spiro atoms. The van der Waals surface area contributed by atoms with Gasteiger partial charge >= 0.3 is 0 Å². The second-order valence-corrected chi connectivity index (χ2v) is 5.41. The molecule has 0 saturated carbocycles. The Morgan fingerprint density at radius 3 is 2.94 bits per heavy atom. The van der Waals surface area contributed by atoms with Crippen molar-refractivity contribution in [3.8, 4) is 0 Å². The van der Waals surface area contributed by atoms with Crippen LogP contribution in [0.2, 0.25) is 0 Å². The van der Waals surface area contributed by atoms with Crippen LogP contribution in [-0.2, 0) is 4.74 Å². The van der Waals surface area contributed by atoms with Crippen molar-refractivity contribution in [1.29, 1.82) is 0 Å². The highest BCUT2D eigenvalue weighted by molar-refractivity contribution is 7.09. The summed E-state index contributed by atoms with van der Waals surface area (Å²) in [6.45, 7) is 7.19. The summed E-state index contributed by atoms with van der Waals surface area (Å²) >= 11 is 1.46. The third kappa shape index (κ3) is 2.92. The van der Waals surface area contributed by atoms with Crippen LogP contribution in [0.4, 0.5) is 5.13 Å². The molecule has 5 heteroatoms. The van der Waals surface area contributed by atoms with Crippen LogP contribution in [0.1, 0.15) is 45.4 Å². The number of hydrogen-bond donors (Lipinski definition) is 1. The number of hydrogen-bond acceptors (Lipinski definition) is 5. The minimum Gasteiger partial charge on any atom is -0.378 e. The molecular weight excluding hydrogens is 222 g/mol. The Bertz CT molecular complexity index is 340. The van der Waals surface area contributed by atoms with Crippen LogP contribution in [-0.4, -0.2) is 28.1 Å². The summed E-state index contributed by atoms with van der Waals surface area (Å²) < 4.78 is 9.85. The predicted octanol–water partition coefficient (Wildman–Crippen LogP) is 2.64. The van der Waals surface area contributed by atoms with Crippen molar-refractivity contribution in [2.75, 3.05) is 11.9 Å². The second-order valence-electron chi connectivity index (χ2n) is 4.66. The van der Waals surface area contributed by atoms with E-state index in [9.17, 15) is 0 Å². The molecule has 1 N–H and O–H groups in total. The number of ether oxygens (including phenoxy) is 1. The molecule has 1 aromatic rings. The minimum absolute atomic E-state index is 0.351. The molecule has 16 heavy (non-hydrogen) atoms. The Hall–Kier alpha value is -0.680. The van der Waals surface area contributed by atoms with Crippen molar-refractivity contribution in [3.63, 3.8) is 0 Å². The van der Waals surface area contributed by atoms with E-state index in [0.717, 1.165) is 30.4 Å². The molecule has 1 fully saturated rings. The normalized spacial score (nSPS) is 26.0. The van der Waals surface area contributed by atoms with Crippen LogP contribution >= 0.6 is 11.5 Å². The lowest BCUT2D eigenvalue weighted by Crippen LogP contribution is -2.32. The molecule has 2 atom stereocenters. The van der Waals surface area contributed by atoms with E-state index in [1.54, 1.807) is 0 Å². The maximum Gasteiger partial charge on any atom is 0.202 e. The molecular formula is C11H19N3OS. The molecule has 4 nitrogen and oxygen atoms in total. The van der Waals surface area contributed by atoms with Crippen LogP contribution in [0.3, 0.4) is 0 Å². The quantitative estimate of drug-likeness (QED) is 0.883. The van der Waals surface area contributed by atoms with Crippen molar-refractivity contribution in [2.24, 2.45) is 0 Å². The number of rotatable bonds is 3. The van der Waals surface area contributed by atoms with Crippen LogP contribution in [0.5, 0.6) is 0 Å². The van der Waals surface area contributed by atoms with E-state index in [0.29, 0.717) is 18.1 Å². The number of nitrogens with one attached hydrogen (secondary N) is 1. The first-order chi connectivity index (χ1) is 7.65. The van der Waals surface area contributed by atoms with E-state index in [-0.39, 0.29) is 0 Å². The zero-order valence-corrected chi connectivity index (χ0v) is 10.9. The van der Waals surface area contributed by atoms with Crippen molar-refractivity contribution < 1.29 is 4.74 Å². The van der Waals surface area contributed by atoms with Gasteiger partial charge in [-0.3, -0.25) is 0 Å². The third-order valence-electron chi connectivity index (χ3n) is 2.77. The molecule has 0 aromatic carbocycles. The largest absolute Gasteiger partial charge is 0.378 e. The van der Waals surface area contributed by atoms with Gasteiger partial charge in [0.25, 0.3) is 0 Å². The van der Waals surface area contributed by atoms with Gasteiger partial charge in [0.15, 0.2) is 0 Å². The Morgan fingerprint density at radius 1 is 1.50 bits per heavy atom. The van der Waals surface area contributed by atoms with Gasteiger partial charge in [-0.15, -0.1) is 0 Å². The molecule has 1 aliphatic heterocycles. The summed E-state index contributed by atoms with van der Waals surface area (Å²) in [5.74, 6) is 1.34. The Balaban J connectivity index is 1.92. The molecule has 2 unspecified atom stereocenters. The zero-order valence-electron chi connectivity index (χ0n) is 10.1. The van der Waals surface area contributed by atoms with Gasteiger partial charge in [0.2, 0.25) is 5.13 Å². The molecule has 0 amide bonds. The first-order valence-electron chi connectivity index (χ1n) is 5.87. The lowest BCUT2D eigenvalue weighted by molar-refractivity contribution is 0.0232. The first-order valence-corrected chi connectivity index (χ1v) is 6.64. The molecule has 90 valence electrons. The van der Waals surface area contributed by atoms with Crippen molar-refractivity contribution in [2.45, 2.75) is 51.7 Å². The smallest absolute Gasteiger partial charge is 0.202 e. The Labute approximate surface area is 101 Å². The van der Waals surface area contributed by atoms with Gasteiger partial charge in [-0.2, -0.15) is 4.37 Å². The third-order valence-corrected chi connectivity index (χ3v) is 3.43. The molecule has 2 heterocycles. The summed E-state index contributed by atoms with van der Waals surface area (Å²) in [5, 5.41) is 4.40. The van der Waals surface area contributed by atoms with Gasteiger partial charge in [0.05, 0.1) is 6.10 Å². The summed E-state index contributed by atoms with van der Waals surface area (Å²) in [4.78, 5) is 4.48. The topological polar surface area (TPSA) is 47.0 Å². The highest BCUT2D eigenvalue weighted by atomic mass is 32.1. The summed E-state index contributed by atoms with van der Waals surface area (Å²) in [6.07, 6.45) is 2.46. The summed E-state index contributed by atoms with van der Waals surface area (Å²) in [5.41, 5.74) is 0. The molecule has 0 bridgehead atoms. The van der Waals surface area contributed by atoms with Gasteiger partial charge in [-0.25, -0.2) is 4.98 Å². The van der Waals surface area contributed by atoms with E-state index in [1.165, 1.54) is 11.5 Å². The van der Waals surface area contributed by atoms with E-state index in [2.05, 4.69) is 35.4 Å². The summed E-state index contributed by atoms with van der Waals surface area (Å²) in [6, 6.07) is 0.483. The highest BCUT2D eigenvalue weighted by Gasteiger charge is 2.20. The highest BCUT2D eigenvalue weighted by Crippen LogP contribution is 2.22. The molecule has 0 radical (unpaired) electrons. The monoisotopic (exact) mass is 241 g/mol. The standard InChI is InChI=1S/C11H19N3OS/c1-7(2)10-13-11(16-14-10)12-9-4-5-15-8(3)6-9/h7-9H,4-6H2,1-3H3,(H,12,13,14). The van der Waals surface area contributed by atoms with Gasteiger partial charge in [0.1, 0.15) is 5.82 Å². The first kappa shape index (κ1) is 11.8. The Kier molecular flexibility index (Phi) is 3.76. The molecule has 0 aliphatic carbocycles. The van der Waals surface area contributed by atoms with Crippen LogP contribution < -0.4 is 5.32 Å². The molecule has 1 aromatic heterocycles. The second kappa shape index (κ2) is 5.10. The maximum atomic E-state index is 5.52. The van der Waals surface area contributed by atoms with Gasteiger partial charge in [-0.1, -0.05) is 13.8 Å². The molecule has 1 saturated heterocycles. The van der Waals surface area contributed by atoms with E-state index in [4.69, 9.17) is 4.74 Å². The van der Waals surface area contributed by atoms with Crippen molar-refractivity contribution in [3.05, 3.63) is 5.82 Å². The van der Waals surface area contributed by atoms with Gasteiger partial charge in [0, 0.05) is 30.1 Å². The predicted molar refractivity (Wildman–Crippen MR) is 66.1 cm³/mol. The lowest BCUT2D eigenvalue weighted by atomic mass is 10.1. The van der Waals surface area contributed by atoms with Crippen molar-refractivity contribution in [1.82, 2.24) is 9.36 Å². The van der Waals surface area contributed by atoms with Crippen LogP contribution in [0.25, 0.3) is 0 Å². The van der Waals surface area contributed by atoms with E-state index < -0.39 is 0 Å². The average molecular weight is 241 g/mol. The fourth-order valence-electron chi connectivity index (χ4n) is 1.83. The van der Waals surface area contributed by atoms with E-state index in [1.807, 2.05) is 0 Å². The molecule has 1 aliphatic rings. The van der Waals surface area contributed by atoms with Crippen molar-refractivity contribution >= 4 is 16.7 Å². The number of nitrogens with zero attached hydrogens (tertiary/aromatic N) is 2.